The molecule has 2 heterocycles. The fourth-order valence-corrected chi connectivity index (χ4v) is 2.37. The van der Waals surface area contributed by atoms with Crippen molar-refractivity contribution < 1.29 is 4.74 Å². The van der Waals surface area contributed by atoms with Crippen LogP contribution in [0, 0.1) is 5.92 Å². The Hall–Kier alpha value is -1.23. The number of piperidine rings is 1. The summed E-state index contributed by atoms with van der Waals surface area (Å²) in [5.74, 6) is 1.52. The molecule has 0 saturated carbocycles. The molecule has 1 aromatic rings. The summed E-state index contributed by atoms with van der Waals surface area (Å²) in [6, 6.07) is 0. The van der Waals surface area contributed by atoms with Crippen molar-refractivity contribution in [3.63, 3.8) is 0 Å². The highest BCUT2D eigenvalue weighted by Crippen LogP contribution is 2.26. The van der Waals surface area contributed by atoms with E-state index in [-0.39, 0.29) is 0 Å². The highest BCUT2D eigenvalue weighted by atomic mass is 16.5. The molecule has 1 aliphatic heterocycles. The fourth-order valence-electron chi connectivity index (χ4n) is 2.37. The maximum atomic E-state index is 5.94. The van der Waals surface area contributed by atoms with Crippen LogP contribution in [0.3, 0.4) is 0 Å². The van der Waals surface area contributed by atoms with Crippen molar-refractivity contribution in [1.82, 2.24) is 9.78 Å². The predicted molar refractivity (Wildman–Crippen MR) is 64.4 cm³/mol. The Morgan fingerprint density at radius 2 is 2.44 bits per heavy atom. The van der Waals surface area contributed by atoms with Crippen LogP contribution in [0.5, 0.6) is 0 Å². The maximum Gasteiger partial charge on any atom is 0.173 e. The zero-order valence-corrected chi connectivity index (χ0v) is 10.0. The minimum Gasteiger partial charge on any atom is -0.394 e. The second-order valence-electron chi connectivity index (χ2n) is 4.49. The molecule has 1 aliphatic rings. The van der Waals surface area contributed by atoms with Crippen LogP contribution < -0.4 is 10.6 Å². The van der Waals surface area contributed by atoms with Gasteiger partial charge in [0.1, 0.15) is 0 Å². The van der Waals surface area contributed by atoms with E-state index in [1.807, 2.05) is 13.2 Å². The molecule has 0 radical (unpaired) electrons. The van der Waals surface area contributed by atoms with Crippen LogP contribution in [0.15, 0.2) is 6.20 Å². The number of ether oxygens (including phenoxy) is 1. The number of anilines is 2. The standard InChI is InChI=1S/C11H20N4O/c1-14-7-10(12)11(13-14)15-5-3-4-9(6-15)8-16-2/h7,9H,3-6,8,12H2,1-2H3. The molecule has 2 N–H and O–H groups in total. The first-order chi connectivity index (χ1) is 7.70. The molecule has 1 atom stereocenters. The van der Waals surface area contributed by atoms with E-state index in [0.29, 0.717) is 5.92 Å². The first-order valence-electron chi connectivity index (χ1n) is 5.73. The third-order valence-electron chi connectivity index (χ3n) is 3.06. The van der Waals surface area contributed by atoms with Gasteiger partial charge in [0.05, 0.1) is 12.3 Å². The van der Waals surface area contributed by atoms with Crippen LogP contribution in [0.4, 0.5) is 11.5 Å². The van der Waals surface area contributed by atoms with Gasteiger partial charge in [0.2, 0.25) is 0 Å². The van der Waals surface area contributed by atoms with Gasteiger partial charge in [-0.1, -0.05) is 0 Å². The van der Waals surface area contributed by atoms with Gasteiger partial charge in [-0.25, -0.2) is 0 Å². The molecule has 1 aromatic heterocycles. The van der Waals surface area contributed by atoms with E-state index in [0.717, 1.165) is 31.2 Å². The monoisotopic (exact) mass is 224 g/mol. The Kier molecular flexibility index (Phi) is 3.33. The van der Waals surface area contributed by atoms with Gasteiger partial charge >= 0.3 is 0 Å². The van der Waals surface area contributed by atoms with E-state index >= 15 is 0 Å². The summed E-state index contributed by atoms with van der Waals surface area (Å²) in [6.07, 6.45) is 4.27. The molecular formula is C11H20N4O. The normalized spacial score (nSPS) is 21.4. The zero-order valence-electron chi connectivity index (χ0n) is 10.0. The number of nitrogen functional groups attached to an aromatic ring is 1. The highest BCUT2D eigenvalue weighted by Gasteiger charge is 2.22. The molecule has 1 fully saturated rings. The third-order valence-corrected chi connectivity index (χ3v) is 3.06. The minimum absolute atomic E-state index is 0.597. The van der Waals surface area contributed by atoms with Crippen molar-refractivity contribution >= 4 is 11.5 Å². The maximum absolute atomic E-state index is 5.94. The average molecular weight is 224 g/mol. The molecule has 0 spiro atoms. The lowest BCUT2D eigenvalue weighted by Gasteiger charge is -2.32. The van der Waals surface area contributed by atoms with Gasteiger partial charge in [-0.15, -0.1) is 0 Å². The lowest BCUT2D eigenvalue weighted by Crippen LogP contribution is -2.37. The Balaban J connectivity index is 2.06. The summed E-state index contributed by atoms with van der Waals surface area (Å²) in [5.41, 5.74) is 6.70. The van der Waals surface area contributed by atoms with E-state index < -0.39 is 0 Å². The second-order valence-corrected chi connectivity index (χ2v) is 4.49. The van der Waals surface area contributed by atoms with E-state index in [1.165, 1.54) is 12.8 Å². The summed E-state index contributed by atoms with van der Waals surface area (Å²) < 4.78 is 6.99. The molecule has 16 heavy (non-hydrogen) atoms. The van der Waals surface area contributed by atoms with E-state index in [2.05, 4.69) is 10.00 Å². The molecule has 1 unspecified atom stereocenters. The van der Waals surface area contributed by atoms with Gasteiger partial charge in [0.25, 0.3) is 0 Å². The lowest BCUT2D eigenvalue weighted by atomic mass is 9.99. The molecule has 1 saturated heterocycles. The SMILES string of the molecule is COCC1CCCN(c2nn(C)cc2N)C1. The second kappa shape index (κ2) is 4.74. The van der Waals surface area contributed by atoms with Gasteiger partial charge in [-0.05, 0) is 18.8 Å². The van der Waals surface area contributed by atoms with Crippen molar-refractivity contribution in [2.24, 2.45) is 13.0 Å². The zero-order chi connectivity index (χ0) is 11.5. The summed E-state index contributed by atoms with van der Waals surface area (Å²) >= 11 is 0. The quantitative estimate of drug-likeness (QED) is 0.827. The van der Waals surface area contributed by atoms with Crippen LogP contribution in [0.25, 0.3) is 0 Å². The molecule has 90 valence electrons. The van der Waals surface area contributed by atoms with Crippen LogP contribution in [-0.4, -0.2) is 36.6 Å². The predicted octanol–water partition coefficient (Wildman–Crippen LogP) is 0.865. The minimum atomic E-state index is 0.597. The summed E-state index contributed by atoms with van der Waals surface area (Å²) in [5, 5.41) is 4.41. The van der Waals surface area contributed by atoms with Crippen molar-refractivity contribution in [2.75, 3.05) is 37.4 Å². The van der Waals surface area contributed by atoms with Crippen molar-refractivity contribution in [1.29, 1.82) is 0 Å². The Bertz CT molecular complexity index is 348. The average Bonchev–Trinajstić information content (AvgIpc) is 2.59. The Labute approximate surface area is 96.2 Å². The summed E-state index contributed by atoms with van der Waals surface area (Å²) in [7, 11) is 3.66. The number of aromatic nitrogens is 2. The van der Waals surface area contributed by atoms with Gasteiger partial charge in [-0.2, -0.15) is 5.10 Å². The van der Waals surface area contributed by atoms with Gasteiger partial charge < -0.3 is 15.4 Å². The van der Waals surface area contributed by atoms with Gasteiger partial charge in [0.15, 0.2) is 5.82 Å². The first-order valence-corrected chi connectivity index (χ1v) is 5.73. The summed E-state index contributed by atoms with van der Waals surface area (Å²) in [6.45, 7) is 2.86. The molecule has 0 aromatic carbocycles. The molecule has 0 aliphatic carbocycles. The number of aryl methyl sites for hydroxylation is 1. The number of nitrogens with two attached hydrogens (primary N) is 1. The van der Waals surface area contributed by atoms with Crippen molar-refractivity contribution in [3.8, 4) is 0 Å². The topological polar surface area (TPSA) is 56.3 Å². The number of hydrogen-bond donors (Lipinski definition) is 1. The van der Waals surface area contributed by atoms with E-state index in [9.17, 15) is 0 Å². The Morgan fingerprint density at radius 1 is 1.62 bits per heavy atom. The largest absolute Gasteiger partial charge is 0.394 e. The smallest absolute Gasteiger partial charge is 0.173 e. The number of rotatable bonds is 3. The lowest BCUT2D eigenvalue weighted by molar-refractivity contribution is 0.143. The van der Waals surface area contributed by atoms with Crippen molar-refractivity contribution in [2.45, 2.75) is 12.8 Å². The molecule has 2 rings (SSSR count). The van der Waals surface area contributed by atoms with Crippen LogP contribution in [0.2, 0.25) is 0 Å². The van der Waals surface area contributed by atoms with Crippen LogP contribution in [0.1, 0.15) is 12.8 Å². The molecule has 0 amide bonds. The van der Waals surface area contributed by atoms with E-state index in [1.54, 1.807) is 11.8 Å². The number of nitrogens with zero attached hydrogens (tertiary/aromatic N) is 3. The molecule has 0 bridgehead atoms. The molecule has 5 nitrogen and oxygen atoms in total. The van der Waals surface area contributed by atoms with Crippen molar-refractivity contribution in [3.05, 3.63) is 6.20 Å². The Morgan fingerprint density at radius 3 is 3.06 bits per heavy atom. The van der Waals surface area contributed by atoms with Gasteiger partial charge in [-0.3, -0.25) is 4.68 Å². The van der Waals surface area contributed by atoms with Crippen LogP contribution in [-0.2, 0) is 11.8 Å². The number of methoxy groups -OCH3 is 1. The third kappa shape index (κ3) is 2.29. The first kappa shape index (κ1) is 11.3. The van der Waals surface area contributed by atoms with Crippen LogP contribution >= 0.6 is 0 Å². The molecular weight excluding hydrogens is 204 g/mol. The fraction of sp³-hybridized carbons (Fsp3) is 0.727. The highest BCUT2D eigenvalue weighted by molar-refractivity contribution is 5.61. The number of hydrogen-bond acceptors (Lipinski definition) is 4. The van der Waals surface area contributed by atoms with E-state index in [4.69, 9.17) is 10.5 Å². The van der Waals surface area contributed by atoms with Gasteiger partial charge in [0, 0.05) is 33.4 Å². The molecule has 5 heteroatoms. The summed E-state index contributed by atoms with van der Waals surface area (Å²) in [4.78, 5) is 2.27.